The number of hydrogen-bond acceptors (Lipinski definition) is 2. The second-order valence-corrected chi connectivity index (χ2v) is 8.16. The van der Waals surface area contributed by atoms with Crippen LogP contribution in [0.3, 0.4) is 0 Å². The molecule has 124 valence electrons. The molecule has 0 aliphatic heterocycles. The molecule has 2 rings (SSSR count). The number of nitrogens with two attached hydrogens (primary N) is 1. The fourth-order valence-electron chi connectivity index (χ4n) is 4.51. The van der Waals surface area contributed by atoms with Crippen LogP contribution >= 0.6 is 12.4 Å². The number of carbonyl (C=O) groups is 1. The highest BCUT2D eigenvalue weighted by Crippen LogP contribution is 2.42. The summed E-state index contributed by atoms with van der Waals surface area (Å²) in [6, 6.07) is 0.722. The standard InChI is InChI=1S/C17H32N2O.ClH/c1-12-8-13(11-17(2,3)10-12)9-16(20)19-15-6-4-14(18)5-7-15;/h12-15H,4-11,18H2,1-3H3,(H,19,20);1H. The molecular weight excluding hydrogens is 284 g/mol. The summed E-state index contributed by atoms with van der Waals surface area (Å²) in [6.45, 7) is 7.01. The molecule has 0 saturated heterocycles. The average Bonchev–Trinajstić information content (AvgIpc) is 2.29. The van der Waals surface area contributed by atoms with E-state index in [1.807, 2.05) is 0 Å². The molecule has 3 N–H and O–H groups in total. The van der Waals surface area contributed by atoms with Crippen LogP contribution in [0.15, 0.2) is 0 Å². The Balaban J connectivity index is 0.00000220. The summed E-state index contributed by atoms with van der Waals surface area (Å²) < 4.78 is 0. The third kappa shape index (κ3) is 6.15. The average molecular weight is 317 g/mol. The third-order valence-electron chi connectivity index (χ3n) is 5.09. The highest BCUT2D eigenvalue weighted by molar-refractivity contribution is 5.85. The number of carbonyl (C=O) groups excluding carboxylic acids is 1. The van der Waals surface area contributed by atoms with Crippen molar-refractivity contribution < 1.29 is 4.79 Å². The van der Waals surface area contributed by atoms with E-state index in [9.17, 15) is 4.79 Å². The number of nitrogens with one attached hydrogen (secondary N) is 1. The minimum atomic E-state index is 0. The summed E-state index contributed by atoms with van der Waals surface area (Å²) in [4.78, 5) is 12.2. The zero-order valence-electron chi connectivity index (χ0n) is 13.9. The van der Waals surface area contributed by atoms with E-state index in [1.165, 1.54) is 19.3 Å². The van der Waals surface area contributed by atoms with Gasteiger partial charge in [0.2, 0.25) is 5.91 Å². The molecule has 0 bridgehead atoms. The molecule has 4 heteroatoms. The number of rotatable bonds is 3. The summed E-state index contributed by atoms with van der Waals surface area (Å²) in [6.07, 6.45) is 8.64. The molecule has 0 aromatic heterocycles. The van der Waals surface area contributed by atoms with Crippen molar-refractivity contribution in [2.24, 2.45) is 23.0 Å². The van der Waals surface area contributed by atoms with E-state index in [2.05, 4.69) is 26.1 Å². The van der Waals surface area contributed by atoms with E-state index in [0.29, 0.717) is 23.4 Å². The van der Waals surface area contributed by atoms with Gasteiger partial charge in [0.05, 0.1) is 0 Å². The second-order valence-electron chi connectivity index (χ2n) is 8.16. The predicted octanol–water partition coefficient (Wildman–Crippen LogP) is 3.65. The Morgan fingerprint density at radius 1 is 1.19 bits per heavy atom. The van der Waals surface area contributed by atoms with E-state index in [0.717, 1.165) is 38.0 Å². The van der Waals surface area contributed by atoms with Crippen LogP contribution in [0.1, 0.15) is 72.1 Å². The van der Waals surface area contributed by atoms with Crippen LogP contribution < -0.4 is 11.1 Å². The molecule has 1 amide bonds. The van der Waals surface area contributed by atoms with Crippen LogP contribution in [-0.2, 0) is 4.79 Å². The normalized spacial score (nSPS) is 35.6. The first-order valence-electron chi connectivity index (χ1n) is 8.39. The fraction of sp³-hybridized carbons (Fsp3) is 0.941. The molecule has 21 heavy (non-hydrogen) atoms. The van der Waals surface area contributed by atoms with Crippen LogP contribution in [0.5, 0.6) is 0 Å². The van der Waals surface area contributed by atoms with E-state index in [4.69, 9.17) is 5.73 Å². The molecule has 0 radical (unpaired) electrons. The summed E-state index contributed by atoms with van der Waals surface area (Å²) >= 11 is 0. The van der Waals surface area contributed by atoms with Crippen molar-refractivity contribution in [3.05, 3.63) is 0 Å². The lowest BCUT2D eigenvalue weighted by Crippen LogP contribution is -2.41. The van der Waals surface area contributed by atoms with Crippen LogP contribution in [0, 0.1) is 17.3 Å². The van der Waals surface area contributed by atoms with Gasteiger partial charge in [-0.2, -0.15) is 0 Å². The lowest BCUT2D eigenvalue weighted by Gasteiger charge is -2.39. The largest absolute Gasteiger partial charge is 0.353 e. The molecule has 3 nitrogen and oxygen atoms in total. The molecule has 2 aliphatic rings. The first-order valence-corrected chi connectivity index (χ1v) is 8.39. The summed E-state index contributed by atoms with van der Waals surface area (Å²) in [5.41, 5.74) is 6.31. The zero-order chi connectivity index (χ0) is 14.8. The lowest BCUT2D eigenvalue weighted by molar-refractivity contribution is -0.123. The van der Waals surface area contributed by atoms with Crippen LogP contribution in [0.2, 0.25) is 0 Å². The molecule has 0 heterocycles. The molecule has 2 fully saturated rings. The first-order chi connectivity index (χ1) is 9.34. The molecule has 2 aliphatic carbocycles. The zero-order valence-corrected chi connectivity index (χ0v) is 14.7. The second kappa shape index (κ2) is 7.82. The van der Waals surface area contributed by atoms with Gasteiger partial charge in [0, 0.05) is 18.5 Å². The summed E-state index contributed by atoms with van der Waals surface area (Å²) in [5, 5.41) is 3.23. The van der Waals surface area contributed by atoms with E-state index >= 15 is 0 Å². The number of halogens is 1. The molecule has 0 aromatic rings. The Kier molecular flexibility index (Phi) is 6.99. The maximum absolute atomic E-state index is 12.2. The van der Waals surface area contributed by atoms with Gasteiger partial charge in [-0.15, -0.1) is 12.4 Å². The van der Waals surface area contributed by atoms with E-state index in [-0.39, 0.29) is 18.3 Å². The fourth-order valence-corrected chi connectivity index (χ4v) is 4.51. The minimum absolute atomic E-state index is 0. The van der Waals surface area contributed by atoms with Gasteiger partial charge in [-0.25, -0.2) is 0 Å². The highest BCUT2D eigenvalue weighted by Gasteiger charge is 2.33. The van der Waals surface area contributed by atoms with E-state index in [1.54, 1.807) is 0 Å². The highest BCUT2D eigenvalue weighted by atomic mass is 35.5. The van der Waals surface area contributed by atoms with Crippen molar-refractivity contribution in [1.82, 2.24) is 5.32 Å². The Morgan fingerprint density at radius 3 is 2.38 bits per heavy atom. The van der Waals surface area contributed by atoms with Gasteiger partial charge in [0.15, 0.2) is 0 Å². The Labute approximate surface area is 136 Å². The van der Waals surface area contributed by atoms with Crippen LogP contribution in [0.4, 0.5) is 0 Å². The maximum atomic E-state index is 12.2. The molecule has 0 spiro atoms. The van der Waals surface area contributed by atoms with Crippen molar-refractivity contribution in [3.8, 4) is 0 Å². The Hall–Kier alpha value is -0.280. The molecule has 2 unspecified atom stereocenters. The molecule has 2 atom stereocenters. The SMILES string of the molecule is CC1CC(CC(=O)NC2CCC(N)CC2)CC(C)(C)C1.Cl. The lowest BCUT2D eigenvalue weighted by atomic mass is 9.67. The molecule has 2 saturated carbocycles. The number of hydrogen-bond donors (Lipinski definition) is 2. The third-order valence-corrected chi connectivity index (χ3v) is 5.09. The summed E-state index contributed by atoms with van der Waals surface area (Å²) in [7, 11) is 0. The monoisotopic (exact) mass is 316 g/mol. The maximum Gasteiger partial charge on any atom is 0.220 e. The Bertz CT molecular complexity index is 338. The molecular formula is C17H33ClN2O. The molecule has 0 aromatic carbocycles. The Morgan fingerprint density at radius 2 is 1.81 bits per heavy atom. The van der Waals surface area contributed by atoms with Crippen LogP contribution in [0.25, 0.3) is 0 Å². The number of amides is 1. The van der Waals surface area contributed by atoms with E-state index < -0.39 is 0 Å². The van der Waals surface area contributed by atoms with Crippen molar-refractivity contribution in [1.29, 1.82) is 0 Å². The van der Waals surface area contributed by atoms with Gasteiger partial charge in [0.25, 0.3) is 0 Å². The smallest absolute Gasteiger partial charge is 0.220 e. The van der Waals surface area contributed by atoms with Gasteiger partial charge in [-0.05, 0) is 62.2 Å². The van der Waals surface area contributed by atoms with Crippen molar-refractivity contribution >= 4 is 18.3 Å². The quantitative estimate of drug-likeness (QED) is 0.835. The van der Waals surface area contributed by atoms with Gasteiger partial charge in [-0.1, -0.05) is 20.8 Å². The minimum Gasteiger partial charge on any atom is -0.353 e. The van der Waals surface area contributed by atoms with Crippen molar-refractivity contribution in [3.63, 3.8) is 0 Å². The first kappa shape index (κ1) is 18.8. The predicted molar refractivity (Wildman–Crippen MR) is 90.5 cm³/mol. The van der Waals surface area contributed by atoms with Gasteiger partial charge >= 0.3 is 0 Å². The van der Waals surface area contributed by atoms with Crippen molar-refractivity contribution in [2.45, 2.75) is 84.2 Å². The van der Waals surface area contributed by atoms with Gasteiger partial charge in [0.1, 0.15) is 0 Å². The topological polar surface area (TPSA) is 55.1 Å². The van der Waals surface area contributed by atoms with Gasteiger partial charge < -0.3 is 11.1 Å². The van der Waals surface area contributed by atoms with Crippen molar-refractivity contribution in [2.75, 3.05) is 0 Å². The van der Waals surface area contributed by atoms with Crippen LogP contribution in [-0.4, -0.2) is 18.0 Å². The van der Waals surface area contributed by atoms with Gasteiger partial charge in [-0.3, -0.25) is 4.79 Å². The summed E-state index contributed by atoms with van der Waals surface area (Å²) in [5.74, 6) is 1.59.